The highest BCUT2D eigenvalue weighted by molar-refractivity contribution is 5.97. The van der Waals surface area contributed by atoms with E-state index < -0.39 is 41.4 Å². The molecule has 282 valence electrons. The molecule has 1 saturated carbocycles. The lowest BCUT2D eigenvalue weighted by Crippen LogP contribution is -2.63. The van der Waals surface area contributed by atoms with Crippen LogP contribution in [0.25, 0.3) is 0 Å². The standard InChI is InChI=1S/C40H57N7O5/c1-27(2)22-33(35(49)43-32(16-10-11-19-41)37(51)46-20-17-39(18-21-46)25-47(26-39)28(3)48)44-36(50)34(23-29-12-6-4-7-13-29)45-38(52)40(42)24-31(40)30-14-8-5-9-15-30/h4-9,12-15,27,31-34H,10-11,16-26,41-42H2,1-3H3,(H,43,49)(H,44,50)(H,45,52)/t31?,32-,33-,34-,40?/m1/s1. The lowest BCUT2D eigenvalue weighted by atomic mass is 9.72. The highest BCUT2D eigenvalue weighted by Gasteiger charge is 2.58. The van der Waals surface area contributed by atoms with Gasteiger partial charge in [-0.15, -0.1) is 0 Å². The van der Waals surface area contributed by atoms with E-state index in [2.05, 4.69) is 16.0 Å². The molecule has 5 atom stereocenters. The normalized spacial score (nSPS) is 22.2. The topological polar surface area (TPSA) is 180 Å². The van der Waals surface area contributed by atoms with Gasteiger partial charge in [0.15, 0.2) is 0 Å². The van der Waals surface area contributed by atoms with Crippen molar-refractivity contribution in [3.63, 3.8) is 0 Å². The molecular weight excluding hydrogens is 658 g/mol. The zero-order valence-electron chi connectivity index (χ0n) is 30.9. The maximum absolute atomic E-state index is 14.1. The zero-order valence-corrected chi connectivity index (χ0v) is 30.9. The Balaban J connectivity index is 1.27. The molecule has 2 unspecified atom stereocenters. The summed E-state index contributed by atoms with van der Waals surface area (Å²) in [6, 6.07) is 16.3. The summed E-state index contributed by atoms with van der Waals surface area (Å²) in [5.74, 6) is -1.52. The van der Waals surface area contributed by atoms with E-state index in [4.69, 9.17) is 11.5 Å². The van der Waals surface area contributed by atoms with Crippen LogP contribution in [0.4, 0.5) is 0 Å². The Hall–Kier alpha value is -4.29. The summed E-state index contributed by atoms with van der Waals surface area (Å²) in [5.41, 5.74) is 13.1. The Kier molecular flexibility index (Phi) is 12.7. The summed E-state index contributed by atoms with van der Waals surface area (Å²) >= 11 is 0. The van der Waals surface area contributed by atoms with Gasteiger partial charge in [0.2, 0.25) is 29.5 Å². The van der Waals surface area contributed by atoms with Crippen LogP contribution < -0.4 is 27.4 Å². The summed E-state index contributed by atoms with van der Waals surface area (Å²) in [6.07, 6.45) is 4.43. The van der Waals surface area contributed by atoms with Gasteiger partial charge >= 0.3 is 0 Å². The molecule has 12 nitrogen and oxygen atoms in total. The number of piperidine rings is 1. The average molecular weight is 716 g/mol. The highest BCUT2D eigenvalue weighted by atomic mass is 16.2. The third-order valence-corrected chi connectivity index (χ3v) is 11.1. The van der Waals surface area contributed by atoms with Gasteiger partial charge < -0.3 is 37.2 Å². The van der Waals surface area contributed by atoms with Crippen LogP contribution in [0.2, 0.25) is 0 Å². The monoisotopic (exact) mass is 715 g/mol. The van der Waals surface area contributed by atoms with E-state index in [1.54, 1.807) is 6.92 Å². The predicted molar refractivity (Wildman–Crippen MR) is 200 cm³/mol. The third kappa shape index (κ3) is 9.57. The molecule has 0 radical (unpaired) electrons. The molecule has 0 aromatic heterocycles. The Bertz CT molecular complexity index is 1550. The van der Waals surface area contributed by atoms with Crippen LogP contribution in [-0.2, 0) is 30.4 Å². The van der Waals surface area contributed by atoms with Crippen molar-refractivity contribution in [3.8, 4) is 0 Å². The Morgan fingerprint density at radius 3 is 2.00 bits per heavy atom. The number of carbonyl (C=O) groups excluding carboxylic acids is 5. The minimum absolute atomic E-state index is 0.0466. The average Bonchev–Trinajstić information content (AvgIpc) is 3.82. The summed E-state index contributed by atoms with van der Waals surface area (Å²) < 4.78 is 0. The van der Waals surface area contributed by atoms with E-state index in [-0.39, 0.29) is 35.5 Å². The number of hydrogen-bond acceptors (Lipinski definition) is 7. The van der Waals surface area contributed by atoms with Crippen molar-refractivity contribution in [3.05, 3.63) is 71.8 Å². The van der Waals surface area contributed by atoms with Crippen molar-refractivity contribution in [1.29, 1.82) is 0 Å². The Labute approximate surface area is 307 Å². The molecule has 2 aliphatic heterocycles. The molecule has 3 fully saturated rings. The van der Waals surface area contributed by atoms with Crippen LogP contribution in [0.15, 0.2) is 60.7 Å². The summed E-state index contributed by atoms with van der Waals surface area (Å²) in [6.45, 7) is 8.57. The number of amides is 5. The second kappa shape index (κ2) is 17.0. The molecule has 1 aliphatic carbocycles. The van der Waals surface area contributed by atoms with E-state index in [0.29, 0.717) is 51.7 Å². The second-order valence-corrected chi connectivity index (χ2v) is 15.7. The fraction of sp³-hybridized carbons (Fsp3) is 0.575. The van der Waals surface area contributed by atoms with E-state index >= 15 is 0 Å². The van der Waals surface area contributed by atoms with Gasteiger partial charge in [-0.3, -0.25) is 24.0 Å². The van der Waals surface area contributed by atoms with Crippen molar-refractivity contribution >= 4 is 29.5 Å². The molecule has 1 spiro atoms. The molecule has 2 aromatic carbocycles. The van der Waals surface area contributed by atoms with Crippen molar-refractivity contribution in [1.82, 2.24) is 25.8 Å². The Morgan fingerprint density at radius 1 is 0.808 bits per heavy atom. The van der Waals surface area contributed by atoms with Gasteiger partial charge in [-0.25, -0.2) is 0 Å². The number of rotatable bonds is 16. The van der Waals surface area contributed by atoms with Crippen LogP contribution in [0.3, 0.4) is 0 Å². The maximum atomic E-state index is 14.1. The molecule has 0 bridgehead atoms. The van der Waals surface area contributed by atoms with Crippen molar-refractivity contribution < 1.29 is 24.0 Å². The number of hydrogen-bond donors (Lipinski definition) is 5. The largest absolute Gasteiger partial charge is 0.343 e. The first-order valence-electron chi connectivity index (χ1n) is 18.9. The van der Waals surface area contributed by atoms with Crippen LogP contribution in [0, 0.1) is 11.3 Å². The zero-order chi connectivity index (χ0) is 37.5. The van der Waals surface area contributed by atoms with E-state index in [0.717, 1.165) is 37.1 Å². The fourth-order valence-corrected chi connectivity index (χ4v) is 7.70. The van der Waals surface area contributed by atoms with Gasteiger partial charge in [-0.1, -0.05) is 74.5 Å². The second-order valence-electron chi connectivity index (χ2n) is 15.7. The molecule has 2 saturated heterocycles. The van der Waals surface area contributed by atoms with Crippen molar-refractivity contribution in [2.45, 2.75) is 102 Å². The third-order valence-electron chi connectivity index (χ3n) is 11.1. The van der Waals surface area contributed by atoms with Gasteiger partial charge in [0, 0.05) is 50.9 Å². The summed E-state index contributed by atoms with van der Waals surface area (Å²) in [5, 5.41) is 8.86. The number of nitrogens with one attached hydrogen (secondary N) is 3. The van der Waals surface area contributed by atoms with E-state index in [1.807, 2.05) is 84.3 Å². The first-order valence-corrected chi connectivity index (χ1v) is 18.9. The summed E-state index contributed by atoms with van der Waals surface area (Å²) in [7, 11) is 0. The highest BCUT2D eigenvalue weighted by Crippen LogP contribution is 2.49. The van der Waals surface area contributed by atoms with Gasteiger partial charge in [-0.05, 0) is 68.5 Å². The van der Waals surface area contributed by atoms with Gasteiger partial charge in [-0.2, -0.15) is 0 Å². The number of nitrogens with zero attached hydrogens (tertiary/aromatic N) is 2. The molecule has 12 heteroatoms. The lowest BCUT2D eigenvalue weighted by molar-refractivity contribution is -0.149. The first kappa shape index (κ1) is 38.9. The first-order chi connectivity index (χ1) is 24.8. The number of likely N-dealkylation sites (tertiary alicyclic amines) is 2. The predicted octanol–water partition coefficient (Wildman–Crippen LogP) is 2.21. The minimum atomic E-state index is -1.14. The summed E-state index contributed by atoms with van der Waals surface area (Å²) in [4.78, 5) is 71.1. The van der Waals surface area contributed by atoms with Crippen LogP contribution >= 0.6 is 0 Å². The van der Waals surface area contributed by atoms with Crippen LogP contribution in [0.5, 0.6) is 0 Å². The SMILES string of the molecule is CC(=O)N1CC2(CCN(C(=O)[C@@H](CCCCN)NC(=O)[C@@H](CC(C)C)NC(=O)[C@@H](Cc3ccccc3)NC(=O)C3(N)CC3c3ccccc3)CC2)C1. The van der Waals surface area contributed by atoms with Crippen molar-refractivity contribution in [2.75, 3.05) is 32.7 Å². The fourth-order valence-electron chi connectivity index (χ4n) is 7.70. The molecular formula is C40H57N7O5. The lowest BCUT2D eigenvalue weighted by Gasteiger charge is -2.54. The molecule has 2 aromatic rings. The molecule has 3 aliphatic rings. The molecule has 5 amide bonds. The smallest absolute Gasteiger partial charge is 0.245 e. The van der Waals surface area contributed by atoms with Gasteiger partial charge in [0.1, 0.15) is 23.7 Å². The Morgan fingerprint density at radius 2 is 1.40 bits per heavy atom. The van der Waals surface area contributed by atoms with Crippen LogP contribution in [-0.4, -0.2) is 95.7 Å². The number of unbranched alkanes of at least 4 members (excludes halogenated alkanes) is 1. The number of benzene rings is 2. The van der Waals surface area contributed by atoms with Crippen LogP contribution in [0.1, 0.15) is 82.8 Å². The quantitative estimate of drug-likeness (QED) is 0.165. The molecule has 7 N–H and O–H groups in total. The number of carbonyl (C=O) groups is 5. The van der Waals surface area contributed by atoms with Gasteiger partial charge in [0.05, 0.1) is 0 Å². The van der Waals surface area contributed by atoms with E-state index in [9.17, 15) is 24.0 Å². The molecule has 2 heterocycles. The number of nitrogens with two attached hydrogens (primary N) is 2. The molecule has 5 rings (SSSR count). The molecule has 52 heavy (non-hydrogen) atoms. The van der Waals surface area contributed by atoms with Gasteiger partial charge in [0.25, 0.3) is 0 Å². The minimum Gasteiger partial charge on any atom is -0.343 e. The van der Waals surface area contributed by atoms with E-state index in [1.165, 1.54) is 0 Å². The maximum Gasteiger partial charge on any atom is 0.245 e. The van der Waals surface area contributed by atoms with Crippen molar-refractivity contribution in [2.24, 2.45) is 22.8 Å².